The molecule has 0 saturated heterocycles. The number of hydrogen-bond acceptors (Lipinski definition) is 2. The van der Waals surface area contributed by atoms with E-state index in [0.29, 0.717) is 4.75 Å². The molecular weight excluding hydrogens is 226 g/mol. The summed E-state index contributed by atoms with van der Waals surface area (Å²) in [4.78, 5) is 0. The maximum absolute atomic E-state index is 9.14. The van der Waals surface area contributed by atoms with E-state index in [1.807, 2.05) is 0 Å². The van der Waals surface area contributed by atoms with Crippen molar-refractivity contribution in [1.82, 2.24) is 0 Å². The van der Waals surface area contributed by atoms with Gasteiger partial charge in [0.25, 0.3) is 0 Å². The van der Waals surface area contributed by atoms with Gasteiger partial charge in [0.2, 0.25) is 0 Å². The topological polar surface area (TPSA) is 23.8 Å². The van der Waals surface area contributed by atoms with E-state index in [2.05, 4.69) is 31.7 Å². The van der Waals surface area contributed by atoms with Crippen LogP contribution in [0.1, 0.15) is 52.4 Å². The van der Waals surface area contributed by atoms with Crippen LogP contribution in [0.3, 0.4) is 0 Å². The minimum Gasteiger partial charge on any atom is -0.198 e. The lowest BCUT2D eigenvalue weighted by atomic mass is 9.56. The summed E-state index contributed by atoms with van der Waals surface area (Å²) >= 11 is 2.14. The normalized spacial score (nSPS) is 43.7. The molecule has 0 aromatic heterocycles. The maximum atomic E-state index is 9.14. The van der Waals surface area contributed by atoms with E-state index in [0.717, 1.165) is 23.5 Å². The summed E-state index contributed by atoms with van der Waals surface area (Å²) < 4.78 is 0.572. The molecule has 4 aliphatic rings. The van der Waals surface area contributed by atoms with Crippen LogP contribution in [0.5, 0.6) is 0 Å². The second kappa shape index (κ2) is 3.92. The number of hydrogen-bond donors (Lipinski definition) is 0. The van der Waals surface area contributed by atoms with E-state index in [1.165, 1.54) is 38.5 Å². The molecule has 4 aliphatic carbocycles. The summed E-state index contributed by atoms with van der Waals surface area (Å²) in [6, 6.07) is 2.45. The summed E-state index contributed by atoms with van der Waals surface area (Å²) in [5, 5.41) is 9.14. The molecule has 0 N–H and O–H groups in total. The third-order valence-electron chi connectivity index (χ3n) is 5.02. The first-order chi connectivity index (χ1) is 8.00. The first-order valence-corrected chi connectivity index (χ1v) is 8.04. The van der Waals surface area contributed by atoms with Gasteiger partial charge in [-0.15, -0.1) is 0 Å². The molecule has 0 aromatic carbocycles. The molecule has 4 bridgehead atoms. The number of nitrogens with zero attached hydrogens (tertiary/aromatic N) is 1. The Morgan fingerprint density at radius 1 is 1.12 bits per heavy atom. The van der Waals surface area contributed by atoms with Gasteiger partial charge in [-0.3, -0.25) is 0 Å². The molecule has 17 heavy (non-hydrogen) atoms. The highest BCUT2D eigenvalue weighted by Gasteiger charge is 2.51. The average Bonchev–Trinajstić information content (AvgIpc) is 2.25. The molecular formula is C15H23NS. The number of rotatable bonds is 3. The summed E-state index contributed by atoms with van der Waals surface area (Å²) in [5.74, 6) is 4.10. The fraction of sp³-hybridized carbons (Fsp3) is 0.933. The van der Waals surface area contributed by atoms with Gasteiger partial charge in [0.05, 0.1) is 11.5 Å². The van der Waals surface area contributed by atoms with Gasteiger partial charge in [-0.25, -0.2) is 0 Å². The molecule has 2 heteroatoms. The van der Waals surface area contributed by atoms with Crippen LogP contribution < -0.4 is 0 Å². The molecule has 4 saturated carbocycles. The third-order valence-corrected chi connectivity index (χ3v) is 7.00. The summed E-state index contributed by atoms with van der Waals surface area (Å²) in [5.41, 5.74) is -0.145. The highest BCUT2D eigenvalue weighted by molar-refractivity contribution is 8.00. The van der Waals surface area contributed by atoms with E-state index in [4.69, 9.17) is 5.26 Å². The van der Waals surface area contributed by atoms with Crippen LogP contribution >= 0.6 is 11.8 Å². The molecule has 4 rings (SSSR count). The predicted octanol–water partition coefficient (Wildman–Crippen LogP) is 4.24. The van der Waals surface area contributed by atoms with Crippen LogP contribution in [-0.4, -0.2) is 10.5 Å². The van der Waals surface area contributed by atoms with Crippen molar-refractivity contribution in [3.8, 4) is 6.07 Å². The minimum atomic E-state index is -0.145. The number of thioether (sulfide) groups is 1. The van der Waals surface area contributed by atoms with E-state index in [1.54, 1.807) is 0 Å². The van der Waals surface area contributed by atoms with Crippen molar-refractivity contribution >= 4 is 11.8 Å². The molecule has 94 valence electrons. The molecule has 0 amide bonds. The Hall–Kier alpha value is -0.160. The van der Waals surface area contributed by atoms with E-state index < -0.39 is 0 Å². The van der Waals surface area contributed by atoms with Gasteiger partial charge < -0.3 is 0 Å². The van der Waals surface area contributed by atoms with Crippen molar-refractivity contribution in [3.05, 3.63) is 0 Å². The third kappa shape index (κ3) is 2.24. The second-order valence-electron chi connectivity index (χ2n) is 7.38. The predicted molar refractivity (Wildman–Crippen MR) is 72.8 cm³/mol. The van der Waals surface area contributed by atoms with Gasteiger partial charge >= 0.3 is 0 Å². The highest BCUT2D eigenvalue weighted by Crippen LogP contribution is 2.61. The Morgan fingerprint density at radius 2 is 1.59 bits per heavy atom. The van der Waals surface area contributed by atoms with E-state index >= 15 is 0 Å². The Labute approximate surface area is 109 Å². The standard InChI is InChI=1S/C15H23NS/c1-14(2,9-16)10-17-15-6-11-3-12(7-15)5-13(4-11)8-15/h11-13H,3-8,10H2,1-2H3. The molecule has 0 aliphatic heterocycles. The Kier molecular flexibility index (Phi) is 2.74. The molecule has 0 heterocycles. The fourth-order valence-electron chi connectivity index (χ4n) is 4.57. The van der Waals surface area contributed by atoms with E-state index in [9.17, 15) is 0 Å². The molecule has 1 nitrogen and oxygen atoms in total. The Bertz CT molecular complexity index is 317. The maximum Gasteiger partial charge on any atom is 0.0692 e. The van der Waals surface area contributed by atoms with Crippen molar-refractivity contribution < 1.29 is 0 Å². The Balaban J connectivity index is 1.69. The van der Waals surface area contributed by atoms with Crippen molar-refractivity contribution in [2.45, 2.75) is 57.1 Å². The average molecular weight is 249 g/mol. The quantitative estimate of drug-likeness (QED) is 0.747. The summed E-state index contributed by atoms with van der Waals surface area (Å²) in [6.07, 6.45) is 8.89. The van der Waals surface area contributed by atoms with Gasteiger partial charge in [0.1, 0.15) is 0 Å². The zero-order valence-electron chi connectivity index (χ0n) is 11.0. The van der Waals surface area contributed by atoms with Gasteiger partial charge in [0.15, 0.2) is 0 Å². The minimum absolute atomic E-state index is 0.145. The van der Waals surface area contributed by atoms with Crippen molar-refractivity contribution in [2.24, 2.45) is 23.2 Å². The van der Waals surface area contributed by atoms with Crippen LogP contribution in [-0.2, 0) is 0 Å². The van der Waals surface area contributed by atoms with Crippen molar-refractivity contribution in [3.63, 3.8) is 0 Å². The number of nitriles is 1. The highest BCUT2D eigenvalue weighted by atomic mass is 32.2. The monoisotopic (exact) mass is 249 g/mol. The van der Waals surface area contributed by atoms with Crippen molar-refractivity contribution in [2.75, 3.05) is 5.75 Å². The summed E-state index contributed by atoms with van der Waals surface area (Å²) in [7, 11) is 0. The zero-order valence-corrected chi connectivity index (χ0v) is 11.9. The molecule has 0 unspecified atom stereocenters. The van der Waals surface area contributed by atoms with Crippen LogP contribution in [0, 0.1) is 34.5 Å². The molecule has 4 fully saturated rings. The SMILES string of the molecule is CC(C)(C#N)CSC12CC3CC(CC(C3)C1)C2. The molecule has 0 aromatic rings. The molecule has 0 radical (unpaired) electrons. The van der Waals surface area contributed by atoms with Gasteiger partial charge in [-0.1, -0.05) is 0 Å². The van der Waals surface area contributed by atoms with Crippen LogP contribution in [0.25, 0.3) is 0 Å². The second-order valence-corrected chi connectivity index (χ2v) is 8.83. The Morgan fingerprint density at radius 3 is 2.00 bits per heavy atom. The van der Waals surface area contributed by atoms with Gasteiger partial charge in [0, 0.05) is 10.5 Å². The lowest BCUT2D eigenvalue weighted by Gasteiger charge is -2.56. The first-order valence-electron chi connectivity index (χ1n) is 7.05. The smallest absolute Gasteiger partial charge is 0.0692 e. The lowest BCUT2D eigenvalue weighted by Crippen LogP contribution is -2.49. The fourth-order valence-corrected chi connectivity index (χ4v) is 6.37. The molecule has 0 atom stereocenters. The lowest BCUT2D eigenvalue weighted by molar-refractivity contribution is 0.0382. The summed E-state index contributed by atoms with van der Waals surface area (Å²) in [6.45, 7) is 4.17. The van der Waals surface area contributed by atoms with Crippen LogP contribution in [0.4, 0.5) is 0 Å². The van der Waals surface area contributed by atoms with Crippen LogP contribution in [0.15, 0.2) is 0 Å². The van der Waals surface area contributed by atoms with Crippen LogP contribution in [0.2, 0.25) is 0 Å². The molecule has 0 spiro atoms. The van der Waals surface area contributed by atoms with E-state index in [-0.39, 0.29) is 5.41 Å². The van der Waals surface area contributed by atoms with Gasteiger partial charge in [-0.2, -0.15) is 17.0 Å². The first kappa shape index (κ1) is 11.9. The van der Waals surface area contributed by atoms with Crippen molar-refractivity contribution in [1.29, 1.82) is 5.26 Å². The van der Waals surface area contributed by atoms with Gasteiger partial charge in [-0.05, 0) is 70.1 Å². The zero-order chi connectivity index (χ0) is 12.1. The largest absolute Gasteiger partial charge is 0.198 e.